The Hall–Kier alpha value is -2.70. The van der Waals surface area contributed by atoms with Crippen LogP contribution in [0.15, 0.2) is 59.9 Å². The van der Waals surface area contributed by atoms with Crippen LogP contribution >= 0.6 is 11.3 Å². The molecule has 4 heterocycles. The molecule has 29 heavy (non-hydrogen) atoms. The number of amidine groups is 1. The Morgan fingerprint density at radius 2 is 2.14 bits per heavy atom. The van der Waals surface area contributed by atoms with Gasteiger partial charge < -0.3 is 15.5 Å². The Bertz CT molecular complexity index is 1030. The summed E-state index contributed by atoms with van der Waals surface area (Å²) in [4.78, 5) is 13.1. The summed E-state index contributed by atoms with van der Waals surface area (Å²) in [5.41, 5.74) is 4.60. The van der Waals surface area contributed by atoms with Gasteiger partial charge in [0.25, 0.3) is 0 Å². The number of nitrogens with one attached hydrogen (secondary N) is 2. The molecule has 0 amide bonds. The first-order valence-electron chi connectivity index (χ1n) is 10.2. The molecule has 0 bridgehead atoms. The fourth-order valence-electron chi connectivity index (χ4n) is 4.09. The molecular formula is C23H25N5S. The standard InChI is InChI=1S/C23H25N5S/c1-16-13-19-22(26-20-6-2-3-7-21(20)27-23(19)29-16)28-12-11-25-18(15-28)9-8-17-5-4-10-24-14-17/h2-7,10,13-14,18,25,27H,8-9,11-12,15H2,1H3/t18-/m0/s1. The van der Waals surface area contributed by atoms with E-state index in [0.29, 0.717) is 6.04 Å². The lowest BCUT2D eigenvalue weighted by atomic mass is 10.0. The molecule has 2 aliphatic rings. The maximum Gasteiger partial charge on any atom is 0.139 e. The molecule has 0 radical (unpaired) electrons. The number of rotatable bonds is 3. The highest BCUT2D eigenvalue weighted by Gasteiger charge is 2.27. The first kappa shape index (κ1) is 18.3. The van der Waals surface area contributed by atoms with Crippen LogP contribution in [-0.4, -0.2) is 41.4 Å². The van der Waals surface area contributed by atoms with Crippen LogP contribution in [-0.2, 0) is 6.42 Å². The average Bonchev–Trinajstić information content (AvgIpc) is 3.04. The minimum atomic E-state index is 0.446. The van der Waals surface area contributed by atoms with Crippen molar-refractivity contribution in [3.8, 4) is 0 Å². The quantitative estimate of drug-likeness (QED) is 0.676. The van der Waals surface area contributed by atoms with Crippen molar-refractivity contribution in [1.29, 1.82) is 0 Å². The molecule has 2 N–H and O–H groups in total. The summed E-state index contributed by atoms with van der Waals surface area (Å²) in [5.74, 6) is 1.09. The molecule has 6 heteroatoms. The van der Waals surface area contributed by atoms with Crippen molar-refractivity contribution in [2.45, 2.75) is 25.8 Å². The van der Waals surface area contributed by atoms with Crippen LogP contribution in [0.1, 0.15) is 22.4 Å². The Kier molecular flexibility index (Phi) is 5.04. The minimum Gasteiger partial charge on any atom is -0.353 e. The van der Waals surface area contributed by atoms with Gasteiger partial charge in [-0.15, -0.1) is 11.3 Å². The predicted molar refractivity (Wildman–Crippen MR) is 121 cm³/mol. The maximum atomic E-state index is 5.12. The van der Waals surface area contributed by atoms with Crippen LogP contribution in [0, 0.1) is 6.92 Å². The Labute approximate surface area is 175 Å². The molecule has 2 aromatic heterocycles. The summed E-state index contributed by atoms with van der Waals surface area (Å²) < 4.78 is 0. The molecule has 0 saturated carbocycles. The summed E-state index contributed by atoms with van der Waals surface area (Å²) in [6.45, 7) is 5.08. The third kappa shape index (κ3) is 3.91. The molecule has 5 rings (SSSR count). The van der Waals surface area contributed by atoms with Gasteiger partial charge in [0.2, 0.25) is 0 Å². The monoisotopic (exact) mass is 403 g/mol. The molecule has 1 atom stereocenters. The minimum absolute atomic E-state index is 0.446. The van der Waals surface area contributed by atoms with Gasteiger partial charge >= 0.3 is 0 Å². The number of anilines is 2. The zero-order chi connectivity index (χ0) is 19.6. The number of para-hydroxylation sites is 2. The molecule has 0 unspecified atom stereocenters. The van der Waals surface area contributed by atoms with Crippen molar-refractivity contribution in [2.75, 3.05) is 25.0 Å². The van der Waals surface area contributed by atoms with Crippen molar-refractivity contribution in [3.05, 3.63) is 70.9 Å². The molecule has 5 nitrogen and oxygen atoms in total. The number of pyridine rings is 1. The number of hydrogen-bond acceptors (Lipinski definition) is 6. The second-order valence-corrected chi connectivity index (χ2v) is 8.93. The van der Waals surface area contributed by atoms with E-state index in [2.05, 4.69) is 63.8 Å². The van der Waals surface area contributed by atoms with E-state index >= 15 is 0 Å². The van der Waals surface area contributed by atoms with Crippen LogP contribution in [0.4, 0.5) is 16.4 Å². The molecule has 1 aromatic carbocycles. The zero-order valence-electron chi connectivity index (χ0n) is 16.6. The normalized spacial score (nSPS) is 18.3. The van der Waals surface area contributed by atoms with Gasteiger partial charge in [0.05, 0.1) is 16.9 Å². The SMILES string of the molecule is Cc1cc2c(s1)Nc1ccccc1N=C2N1CCN[C@@H](CCc2cccnc2)C1. The van der Waals surface area contributed by atoms with E-state index in [1.807, 2.05) is 18.5 Å². The number of piperazine rings is 1. The first-order valence-corrected chi connectivity index (χ1v) is 11.0. The van der Waals surface area contributed by atoms with Crippen LogP contribution in [0.2, 0.25) is 0 Å². The summed E-state index contributed by atoms with van der Waals surface area (Å²) in [6, 6.07) is 15.2. The summed E-state index contributed by atoms with van der Waals surface area (Å²) in [6.07, 6.45) is 5.94. The predicted octanol–water partition coefficient (Wildman–Crippen LogP) is 4.49. The Balaban J connectivity index is 1.40. The molecule has 2 aliphatic heterocycles. The van der Waals surface area contributed by atoms with E-state index in [1.54, 1.807) is 11.3 Å². The third-order valence-corrected chi connectivity index (χ3v) is 6.50. The smallest absolute Gasteiger partial charge is 0.139 e. The van der Waals surface area contributed by atoms with E-state index in [4.69, 9.17) is 4.99 Å². The van der Waals surface area contributed by atoms with Crippen molar-refractivity contribution < 1.29 is 0 Å². The van der Waals surface area contributed by atoms with E-state index in [1.165, 1.54) is 21.0 Å². The lowest BCUT2D eigenvalue weighted by Crippen LogP contribution is -2.52. The van der Waals surface area contributed by atoms with Crippen LogP contribution in [0.5, 0.6) is 0 Å². The second kappa shape index (κ2) is 7.97. The van der Waals surface area contributed by atoms with Gasteiger partial charge in [-0.05, 0) is 49.6 Å². The molecule has 1 saturated heterocycles. The fraction of sp³-hybridized carbons (Fsp3) is 0.304. The van der Waals surface area contributed by atoms with E-state index in [9.17, 15) is 0 Å². The molecule has 148 valence electrons. The van der Waals surface area contributed by atoms with E-state index in [-0.39, 0.29) is 0 Å². The second-order valence-electron chi connectivity index (χ2n) is 7.67. The molecule has 0 aliphatic carbocycles. The van der Waals surface area contributed by atoms with E-state index < -0.39 is 0 Å². The summed E-state index contributed by atoms with van der Waals surface area (Å²) >= 11 is 1.80. The van der Waals surface area contributed by atoms with Gasteiger partial charge in [0, 0.05) is 42.9 Å². The van der Waals surface area contributed by atoms with Crippen LogP contribution < -0.4 is 10.6 Å². The first-order chi connectivity index (χ1) is 14.3. The lowest BCUT2D eigenvalue weighted by molar-refractivity contribution is 0.282. The number of aryl methyl sites for hydroxylation is 2. The lowest BCUT2D eigenvalue weighted by Gasteiger charge is -2.35. The topological polar surface area (TPSA) is 52.6 Å². The van der Waals surface area contributed by atoms with Crippen molar-refractivity contribution in [3.63, 3.8) is 0 Å². The summed E-state index contributed by atoms with van der Waals surface area (Å²) in [7, 11) is 0. The number of aromatic nitrogens is 1. The van der Waals surface area contributed by atoms with Crippen LogP contribution in [0.3, 0.4) is 0 Å². The number of nitrogens with zero attached hydrogens (tertiary/aromatic N) is 3. The average molecular weight is 404 g/mol. The fourth-order valence-corrected chi connectivity index (χ4v) is 5.01. The highest BCUT2D eigenvalue weighted by molar-refractivity contribution is 7.16. The highest BCUT2D eigenvalue weighted by Crippen LogP contribution is 2.39. The number of benzene rings is 1. The largest absolute Gasteiger partial charge is 0.353 e. The molecular weight excluding hydrogens is 378 g/mol. The highest BCUT2D eigenvalue weighted by atomic mass is 32.1. The molecule has 3 aromatic rings. The third-order valence-electron chi connectivity index (χ3n) is 5.53. The Morgan fingerprint density at radius 3 is 3.03 bits per heavy atom. The van der Waals surface area contributed by atoms with Crippen molar-refractivity contribution in [2.24, 2.45) is 4.99 Å². The maximum absolute atomic E-state index is 5.12. The van der Waals surface area contributed by atoms with Gasteiger partial charge in [-0.3, -0.25) is 4.98 Å². The number of aliphatic imine (C=N–C) groups is 1. The van der Waals surface area contributed by atoms with Crippen molar-refractivity contribution in [1.82, 2.24) is 15.2 Å². The number of hydrogen-bond donors (Lipinski definition) is 2. The van der Waals surface area contributed by atoms with Crippen LogP contribution in [0.25, 0.3) is 0 Å². The van der Waals surface area contributed by atoms with Crippen molar-refractivity contribution >= 4 is 33.5 Å². The Morgan fingerprint density at radius 1 is 1.21 bits per heavy atom. The van der Waals surface area contributed by atoms with Gasteiger partial charge in [-0.2, -0.15) is 0 Å². The number of thiophene rings is 1. The molecule has 1 fully saturated rings. The summed E-state index contributed by atoms with van der Waals surface area (Å²) in [5, 5.41) is 8.49. The van der Waals surface area contributed by atoms with Gasteiger partial charge in [0.15, 0.2) is 0 Å². The van der Waals surface area contributed by atoms with Gasteiger partial charge in [-0.1, -0.05) is 18.2 Å². The zero-order valence-corrected chi connectivity index (χ0v) is 17.4. The number of fused-ring (bicyclic) bond motifs is 2. The van der Waals surface area contributed by atoms with Gasteiger partial charge in [-0.25, -0.2) is 4.99 Å². The van der Waals surface area contributed by atoms with E-state index in [0.717, 1.165) is 49.7 Å². The molecule has 0 spiro atoms. The van der Waals surface area contributed by atoms with Gasteiger partial charge in [0.1, 0.15) is 10.8 Å².